The third-order valence-corrected chi connectivity index (χ3v) is 4.99. The second kappa shape index (κ2) is 7.14. The van der Waals surface area contributed by atoms with E-state index < -0.39 is 5.97 Å². The molecule has 4 rings (SSSR count). The highest BCUT2D eigenvalue weighted by molar-refractivity contribution is 5.87. The Hall–Kier alpha value is -2.92. The van der Waals surface area contributed by atoms with Crippen molar-refractivity contribution < 1.29 is 9.90 Å². The quantitative estimate of drug-likeness (QED) is 0.767. The van der Waals surface area contributed by atoms with Crippen LogP contribution in [0.25, 0.3) is 5.69 Å². The van der Waals surface area contributed by atoms with Crippen LogP contribution in [-0.2, 0) is 6.54 Å². The maximum atomic E-state index is 11.0. The molecule has 3 aromatic rings. The van der Waals surface area contributed by atoms with Crippen molar-refractivity contribution in [2.75, 3.05) is 13.1 Å². The number of likely N-dealkylation sites (tertiary alicyclic amines) is 1. The van der Waals surface area contributed by atoms with E-state index in [1.54, 1.807) is 18.3 Å². The van der Waals surface area contributed by atoms with E-state index in [0.29, 0.717) is 11.5 Å². The fourth-order valence-corrected chi connectivity index (χ4v) is 3.62. The molecule has 1 N–H and O–H groups in total. The van der Waals surface area contributed by atoms with Crippen LogP contribution in [0.4, 0.5) is 0 Å². The fourth-order valence-electron chi connectivity index (χ4n) is 3.62. The number of carboxylic acids is 1. The van der Waals surface area contributed by atoms with E-state index in [1.807, 2.05) is 29.1 Å². The van der Waals surface area contributed by atoms with Crippen molar-refractivity contribution in [3.05, 3.63) is 83.7 Å². The Morgan fingerprint density at radius 2 is 2.00 bits per heavy atom. The van der Waals surface area contributed by atoms with E-state index in [0.717, 1.165) is 31.7 Å². The summed E-state index contributed by atoms with van der Waals surface area (Å²) in [5.74, 6) is -0.409. The van der Waals surface area contributed by atoms with Gasteiger partial charge in [0.25, 0.3) is 0 Å². The largest absolute Gasteiger partial charge is 0.478 e. The molecule has 2 aromatic carbocycles. The molecule has 0 bridgehead atoms. The summed E-state index contributed by atoms with van der Waals surface area (Å²) in [6, 6.07) is 17.7. The maximum absolute atomic E-state index is 11.0. The molecule has 1 atom stereocenters. The van der Waals surface area contributed by atoms with Gasteiger partial charge in [-0.2, -0.15) is 5.10 Å². The van der Waals surface area contributed by atoms with Gasteiger partial charge in [0, 0.05) is 25.5 Å². The van der Waals surface area contributed by atoms with Gasteiger partial charge in [-0.15, -0.1) is 0 Å². The second-order valence-electron chi connectivity index (χ2n) is 6.77. The summed E-state index contributed by atoms with van der Waals surface area (Å²) in [5, 5.41) is 13.3. The van der Waals surface area contributed by atoms with Crippen molar-refractivity contribution in [1.29, 1.82) is 0 Å². The highest BCUT2D eigenvalue weighted by atomic mass is 16.4. The molecule has 1 aromatic heterocycles. The van der Waals surface area contributed by atoms with Gasteiger partial charge < -0.3 is 5.11 Å². The second-order valence-corrected chi connectivity index (χ2v) is 6.77. The van der Waals surface area contributed by atoms with Gasteiger partial charge in [-0.3, -0.25) is 4.90 Å². The van der Waals surface area contributed by atoms with Gasteiger partial charge >= 0.3 is 5.97 Å². The van der Waals surface area contributed by atoms with Gasteiger partial charge in [0.1, 0.15) is 0 Å². The molecule has 5 heteroatoms. The van der Waals surface area contributed by atoms with Crippen molar-refractivity contribution in [3.8, 4) is 5.69 Å². The van der Waals surface area contributed by atoms with Crippen molar-refractivity contribution in [2.24, 2.45) is 0 Å². The van der Waals surface area contributed by atoms with Gasteiger partial charge in [-0.1, -0.05) is 24.3 Å². The van der Waals surface area contributed by atoms with Gasteiger partial charge in [0.15, 0.2) is 0 Å². The number of carboxylic acid groups (broad SMARTS) is 1. The van der Waals surface area contributed by atoms with Crippen LogP contribution < -0.4 is 0 Å². The highest BCUT2D eigenvalue weighted by Gasteiger charge is 2.24. The first-order valence-electron chi connectivity index (χ1n) is 8.83. The molecule has 26 heavy (non-hydrogen) atoms. The average molecular weight is 347 g/mol. The molecular formula is C21H21N3O2. The average Bonchev–Trinajstić information content (AvgIpc) is 3.34. The van der Waals surface area contributed by atoms with Crippen LogP contribution in [0, 0.1) is 0 Å². The first-order valence-corrected chi connectivity index (χ1v) is 8.83. The number of benzene rings is 2. The third kappa shape index (κ3) is 3.53. The van der Waals surface area contributed by atoms with E-state index >= 15 is 0 Å². The van der Waals surface area contributed by atoms with Gasteiger partial charge in [-0.25, -0.2) is 9.48 Å². The van der Waals surface area contributed by atoms with E-state index in [4.69, 9.17) is 5.11 Å². The topological polar surface area (TPSA) is 58.4 Å². The SMILES string of the molecule is O=C(O)c1ccc([C@@H]2CCN(Cc3cccc(-n4cccn4)c3)C2)cc1. The summed E-state index contributed by atoms with van der Waals surface area (Å²) in [6.07, 6.45) is 4.84. The van der Waals surface area contributed by atoms with Crippen molar-refractivity contribution in [1.82, 2.24) is 14.7 Å². The normalized spacial score (nSPS) is 17.5. The number of aromatic nitrogens is 2. The number of hydrogen-bond donors (Lipinski definition) is 1. The van der Waals surface area contributed by atoms with Crippen molar-refractivity contribution in [2.45, 2.75) is 18.9 Å². The minimum atomic E-state index is -0.873. The van der Waals surface area contributed by atoms with Crippen LogP contribution in [0.3, 0.4) is 0 Å². The smallest absolute Gasteiger partial charge is 0.335 e. The maximum Gasteiger partial charge on any atom is 0.335 e. The van der Waals surface area contributed by atoms with E-state index in [9.17, 15) is 4.79 Å². The Bertz CT molecular complexity index is 888. The Labute approximate surface area is 152 Å². The van der Waals surface area contributed by atoms with Crippen LogP contribution in [0.15, 0.2) is 67.0 Å². The minimum absolute atomic E-state index is 0.346. The summed E-state index contributed by atoms with van der Waals surface area (Å²) in [7, 11) is 0. The summed E-state index contributed by atoms with van der Waals surface area (Å²) in [5.41, 5.74) is 3.93. The highest BCUT2D eigenvalue weighted by Crippen LogP contribution is 2.28. The molecule has 1 aliphatic rings. The van der Waals surface area contributed by atoms with Crippen molar-refractivity contribution in [3.63, 3.8) is 0 Å². The zero-order valence-electron chi connectivity index (χ0n) is 14.5. The number of hydrogen-bond acceptors (Lipinski definition) is 3. The lowest BCUT2D eigenvalue weighted by Crippen LogP contribution is -2.19. The first-order chi connectivity index (χ1) is 12.7. The number of aromatic carboxylic acids is 1. The summed E-state index contributed by atoms with van der Waals surface area (Å²) >= 11 is 0. The summed E-state index contributed by atoms with van der Waals surface area (Å²) in [4.78, 5) is 13.4. The Morgan fingerprint density at radius 3 is 2.73 bits per heavy atom. The molecule has 0 unspecified atom stereocenters. The molecule has 0 aliphatic carbocycles. The van der Waals surface area contributed by atoms with Crippen molar-refractivity contribution >= 4 is 5.97 Å². The lowest BCUT2D eigenvalue weighted by Gasteiger charge is -2.17. The number of nitrogens with zero attached hydrogens (tertiary/aromatic N) is 3. The Morgan fingerprint density at radius 1 is 1.15 bits per heavy atom. The minimum Gasteiger partial charge on any atom is -0.478 e. The van der Waals surface area contributed by atoms with Gasteiger partial charge in [0.2, 0.25) is 0 Å². The lowest BCUT2D eigenvalue weighted by atomic mass is 9.97. The molecule has 0 saturated carbocycles. The molecule has 1 aliphatic heterocycles. The van der Waals surface area contributed by atoms with Gasteiger partial charge in [-0.05, 0) is 60.3 Å². The molecule has 0 radical (unpaired) electrons. The molecule has 0 amide bonds. The van der Waals surface area contributed by atoms with Crippen LogP contribution in [0.1, 0.15) is 33.8 Å². The van der Waals surface area contributed by atoms with Crippen LogP contribution in [-0.4, -0.2) is 38.8 Å². The molecule has 1 saturated heterocycles. The Kier molecular flexibility index (Phi) is 4.54. The Balaban J connectivity index is 1.41. The first kappa shape index (κ1) is 16.5. The van der Waals surface area contributed by atoms with Crippen LogP contribution in [0.2, 0.25) is 0 Å². The molecule has 5 nitrogen and oxygen atoms in total. The number of carbonyl (C=O) groups is 1. The predicted octanol–water partition coefficient (Wildman–Crippen LogP) is 3.56. The molecule has 1 fully saturated rings. The predicted molar refractivity (Wildman–Crippen MR) is 99.6 cm³/mol. The van der Waals surface area contributed by atoms with Gasteiger partial charge in [0.05, 0.1) is 11.3 Å². The third-order valence-electron chi connectivity index (χ3n) is 4.99. The van der Waals surface area contributed by atoms with E-state index in [1.165, 1.54) is 11.1 Å². The zero-order chi connectivity index (χ0) is 17.9. The zero-order valence-corrected chi connectivity index (χ0v) is 14.5. The standard InChI is InChI=1S/C21H21N3O2/c25-21(26)18-7-5-17(6-8-18)19-9-12-23(15-19)14-16-3-1-4-20(13-16)24-11-2-10-22-24/h1-8,10-11,13,19H,9,12,14-15H2,(H,25,26)/t19-/m1/s1. The molecule has 0 spiro atoms. The van der Waals surface area contributed by atoms with E-state index in [-0.39, 0.29) is 0 Å². The summed E-state index contributed by atoms with van der Waals surface area (Å²) < 4.78 is 1.88. The van der Waals surface area contributed by atoms with Crippen LogP contribution >= 0.6 is 0 Å². The van der Waals surface area contributed by atoms with Crippen LogP contribution in [0.5, 0.6) is 0 Å². The molecule has 2 heterocycles. The summed E-state index contributed by atoms with van der Waals surface area (Å²) in [6.45, 7) is 2.97. The molecular weight excluding hydrogens is 326 g/mol. The number of rotatable bonds is 5. The fraction of sp³-hybridized carbons (Fsp3) is 0.238. The molecule has 132 valence electrons. The monoisotopic (exact) mass is 347 g/mol. The lowest BCUT2D eigenvalue weighted by molar-refractivity contribution is 0.0697. The van der Waals surface area contributed by atoms with E-state index in [2.05, 4.69) is 34.3 Å².